The van der Waals surface area contributed by atoms with E-state index < -0.39 is 0 Å². The Labute approximate surface area is 312 Å². The van der Waals surface area contributed by atoms with Crippen molar-refractivity contribution < 1.29 is 0 Å². The second kappa shape index (κ2) is 18.1. The van der Waals surface area contributed by atoms with Crippen LogP contribution in [-0.2, 0) is 0 Å². The molecule has 0 aliphatic heterocycles. The van der Waals surface area contributed by atoms with Gasteiger partial charge in [0.05, 0.1) is 0 Å². The van der Waals surface area contributed by atoms with Crippen LogP contribution < -0.4 is 31.1 Å². The summed E-state index contributed by atoms with van der Waals surface area (Å²) in [6.07, 6.45) is 0. The van der Waals surface area contributed by atoms with Crippen molar-refractivity contribution in [2.45, 2.75) is 38.0 Å². The van der Waals surface area contributed by atoms with E-state index in [-0.39, 0.29) is 0 Å². The van der Waals surface area contributed by atoms with E-state index in [1.165, 1.54) is 21.6 Å². The Kier molecular flexibility index (Phi) is 12.6. The number of rotatable bonds is 17. The number of para-hydroxylation sites is 2. The van der Waals surface area contributed by atoms with Crippen molar-refractivity contribution in [3.05, 3.63) is 109 Å². The normalized spacial score (nSPS) is 10.8. The smallest absolute Gasteiger partial charge is 0.233 e. The third-order valence-electron chi connectivity index (χ3n) is 7.90. The summed E-state index contributed by atoms with van der Waals surface area (Å²) in [5, 5.41) is 14.6. The molecule has 0 aliphatic rings. The van der Waals surface area contributed by atoms with Gasteiger partial charge in [-0.05, 0) is 122 Å². The van der Waals surface area contributed by atoms with Crippen LogP contribution >= 0.6 is 21.6 Å². The Morgan fingerprint density at radius 2 is 0.692 bits per heavy atom. The summed E-state index contributed by atoms with van der Waals surface area (Å²) in [6.45, 7) is 11.4. The van der Waals surface area contributed by atoms with Crippen LogP contribution in [0, 0.1) is 0 Å². The van der Waals surface area contributed by atoms with E-state index in [1.54, 1.807) is 0 Å². The molecule has 0 radical (unpaired) electrons. The molecule has 266 valence electrons. The number of hydrogen-bond donors (Lipinski definition) is 4. The largest absolute Gasteiger partial charge is 0.356 e. The van der Waals surface area contributed by atoms with E-state index in [2.05, 4.69) is 58.8 Å². The van der Waals surface area contributed by atoms with Crippen LogP contribution in [0.2, 0.25) is 0 Å². The molecule has 4 N–H and O–H groups in total. The lowest BCUT2D eigenvalue weighted by Gasteiger charge is -2.20. The van der Waals surface area contributed by atoms with Gasteiger partial charge in [-0.1, -0.05) is 36.4 Å². The Bertz CT molecular complexity index is 1850. The molecule has 4 aromatic carbocycles. The molecular formula is C38H42N12S2. The van der Waals surface area contributed by atoms with Crippen molar-refractivity contribution in [2.75, 3.05) is 57.2 Å². The van der Waals surface area contributed by atoms with Gasteiger partial charge in [-0.15, -0.1) is 0 Å². The maximum Gasteiger partial charge on any atom is 0.233 e. The molecule has 0 bridgehead atoms. The highest BCUT2D eigenvalue weighted by Gasteiger charge is 2.16. The monoisotopic (exact) mass is 730 g/mol. The summed E-state index contributed by atoms with van der Waals surface area (Å²) in [5.41, 5.74) is 5.74. The van der Waals surface area contributed by atoms with Crippen molar-refractivity contribution in [1.82, 2.24) is 29.9 Å². The van der Waals surface area contributed by atoms with Gasteiger partial charge in [-0.25, -0.2) is 0 Å². The van der Waals surface area contributed by atoms with Crippen molar-refractivity contribution in [3.8, 4) is 0 Å². The molecule has 0 atom stereocenters. The lowest BCUT2D eigenvalue weighted by molar-refractivity contribution is 0.785. The van der Waals surface area contributed by atoms with E-state index in [0.29, 0.717) is 34.1 Å². The first-order chi connectivity index (χ1) is 25.5. The zero-order valence-electron chi connectivity index (χ0n) is 29.6. The minimum absolute atomic E-state index is 0.454. The predicted molar refractivity (Wildman–Crippen MR) is 217 cm³/mol. The highest BCUT2D eigenvalue weighted by molar-refractivity contribution is 8.76. The molecular weight excluding hydrogens is 689 g/mol. The molecule has 6 aromatic rings. The molecule has 2 heterocycles. The van der Waals surface area contributed by atoms with Gasteiger partial charge in [0.15, 0.2) is 0 Å². The van der Waals surface area contributed by atoms with Gasteiger partial charge in [0, 0.05) is 60.3 Å². The van der Waals surface area contributed by atoms with Gasteiger partial charge in [0.2, 0.25) is 34.1 Å². The average Bonchev–Trinajstić information content (AvgIpc) is 3.17. The second-order valence-electron chi connectivity index (χ2n) is 11.4. The Morgan fingerprint density at radius 1 is 0.385 bits per heavy atom. The number of aromatic nitrogens is 6. The highest BCUT2D eigenvalue weighted by atomic mass is 33.1. The maximum absolute atomic E-state index is 4.80. The third-order valence-corrected chi connectivity index (χ3v) is 9.79. The fraction of sp³-hybridized carbons (Fsp3) is 0.211. The van der Waals surface area contributed by atoms with Gasteiger partial charge in [0.25, 0.3) is 0 Å². The summed E-state index contributed by atoms with van der Waals surface area (Å²) in [4.78, 5) is 32.8. The lowest BCUT2D eigenvalue weighted by atomic mass is 10.2. The molecule has 0 amide bonds. The van der Waals surface area contributed by atoms with Gasteiger partial charge in [-0.3, -0.25) is 0 Å². The van der Waals surface area contributed by atoms with Gasteiger partial charge >= 0.3 is 0 Å². The lowest BCUT2D eigenvalue weighted by Crippen LogP contribution is -2.25. The summed E-state index contributed by atoms with van der Waals surface area (Å²) in [6, 6.07) is 36.2. The zero-order chi connectivity index (χ0) is 36.1. The standard InChI is InChI=1S/C38H42N12S2/c1-5-49(6-2)35-43-33(41-31-23-19-29(20-24-31)39-27-15-11-9-12-16-27)45-37(47-35)51-52-38-46-34(44-36(48-38)50(7-3)8-4)42-32-25-21-30(22-26-32)40-28-17-13-10-14-18-28/h9-26,39-40H,5-8H2,1-4H3,(H,41,43,45,47)(H,42,44,46,48). The van der Waals surface area contributed by atoms with E-state index in [9.17, 15) is 0 Å². The molecule has 0 saturated carbocycles. The molecule has 12 nitrogen and oxygen atoms in total. The first kappa shape index (κ1) is 36.2. The van der Waals surface area contributed by atoms with E-state index in [0.717, 1.165) is 60.3 Å². The molecule has 14 heteroatoms. The van der Waals surface area contributed by atoms with Crippen LogP contribution in [0.3, 0.4) is 0 Å². The maximum atomic E-state index is 4.80. The number of nitrogens with one attached hydrogen (secondary N) is 4. The molecule has 2 aromatic heterocycles. The van der Waals surface area contributed by atoms with Crippen LogP contribution in [0.1, 0.15) is 27.7 Å². The third kappa shape index (κ3) is 10.0. The predicted octanol–water partition coefficient (Wildman–Crippen LogP) is 9.52. The summed E-state index contributed by atoms with van der Waals surface area (Å²) >= 11 is 0. The average molecular weight is 731 g/mol. The number of anilines is 10. The Hall–Kier alpha value is -5.60. The van der Waals surface area contributed by atoms with Crippen LogP contribution in [-0.4, -0.2) is 56.1 Å². The molecule has 0 saturated heterocycles. The molecule has 0 fully saturated rings. The first-order valence-corrected chi connectivity index (χ1v) is 19.4. The Morgan fingerprint density at radius 3 is 1.02 bits per heavy atom. The summed E-state index contributed by atoms with van der Waals surface area (Å²) in [5.74, 6) is 2.10. The van der Waals surface area contributed by atoms with Gasteiger partial charge < -0.3 is 31.1 Å². The van der Waals surface area contributed by atoms with Crippen molar-refractivity contribution in [2.24, 2.45) is 0 Å². The van der Waals surface area contributed by atoms with Crippen molar-refractivity contribution in [3.63, 3.8) is 0 Å². The Balaban J connectivity index is 1.19. The summed E-state index contributed by atoms with van der Waals surface area (Å²) in [7, 11) is 2.76. The molecule has 0 unspecified atom stereocenters. The zero-order valence-corrected chi connectivity index (χ0v) is 31.2. The fourth-order valence-corrected chi connectivity index (χ4v) is 6.69. The minimum atomic E-state index is 0.454. The van der Waals surface area contributed by atoms with E-state index in [4.69, 9.17) is 29.9 Å². The SMILES string of the molecule is CCN(CC)c1nc(Nc2ccc(Nc3ccccc3)cc2)nc(SSc2nc(Nc3ccc(Nc4ccccc4)cc3)nc(N(CC)CC)n2)n1. The van der Waals surface area contributed by atoms with Crippen LogP contribution in [0.5, 0.6) is 0 Å². The fourth-order valence-electron chi connectivity index (χ4n) is 5.16. The van der Waals surface area contributed by atoms with Crippen molar-refractivity contribution in [1.29, 1.82) is 0 Å². The number of hydrogen-bond acceptors (Lipinski definition) is 14. The highest BCUT2D eigenvalue weighted by Crippen LogP contribution is 2.36. The number of benzene rings is 4. The molecule has 6 rings (SSSR count). The molecule has 52 heavy (non-hydrogen) atoms. The van der Waals surface area contributed by atoms with E-state index >= 15 is 0 Å². The number of nitrogens with zero attached hydrogens (tertiary/aromatic N) is 8. The van der Waals surface area contributed by atoms with Gasteiger partial charge in [0.1, 0.15) is 0 Å². The molecule has 0 aliphatic carbocycles. The second-order valence-corrected chi connectivity index (χ2v) is 13.4. The van der Waals surface area contributed by atoms with Crippen LogP contribution in [0.4, 0.5) is 57.9 Å². The van der Waals surface area contributed by atoms with E-state index in [1.807, 2.05) is 109 Å². The molecule has 0 spiro atoms. The van der Waals surface area contributed by atoms with Crippen LogP contribution in [0.15, 0.2) is 120 Å². The van der Waals surface area contributed by atoms with Crippen LogP contribution in [0.25, 0.3) is 0 Å². The topological polar surface area (TPSA) is 132 Å². The summed E-state index contributed by atoms with van der Waals surface area (Å²) < 4.78 is 0. The van der Waals surface area contributed by atoms with Crippen molar-refractivity contribution >= 4 is 79.5 Å². The quantitative estimate of drug-likeness (QED) is 0.0664. The first-order valence-electron chi connectivity index (χ1n) is 17.3. The van der Waals surface area contributed by atoms with Gasteiger partial charge in [-0.2, -0.15) is 29.9 Å². The minimum Gasteiger partial charge on any atom is -0.356 e.